The molecule has 2 N–H and O–H groups in total. The zero-order valence-electron chi connectivity index (χ0n) is 20.8. The minimum absolute atomic E-state index is 0.119. The molecule has 0 saturated carbocycles. The van der Waals surface area contributed by atoms with Crippen molar-refractivity contribution in [1.29, 1.82) is 0 Å². The van der Waals surface area contributed by atoms with Gasteiger partial charge in [-0.05, 0) is 35.4 Å². The first kappa shape index (κ1) is 25.7. The number of carbonyl (C=O) groups is 1. The van der Waals surface area contributed by atoms with E-state index in [0.29, 0.717) is 22.1 Å². The van der Waals surface area contributed by atoms with Gasteiger partial charge in [-0.1, -0.05) is 66.7 Å². The molecule has 0 spiro atoms. The summed E-state index contributed by atoms with van der Waals surface area (Å²) in [6, 6.07) is 26.9. The standard InChI is InChI=1S/C29H29N3O5S/c33-29(37-21-23-6-2-1-3-7-23)30-27-10-4-9-26-25(27)8-5-11-28(26)38(34,35)31-24-14-12-22(13-15-24)20-32-16-18-36-19-17-32/h1-15,31H,16-21H2,(H,30,33). The van der Waals surface area contributed by atoms with Gasteiger partial charge in [0.25, 0.3) is 10.0 Å². The van der Waals surface area contributed by atoms with Crippen molar-refractivity contribution >= 4 is 38.3 Å². The van der Waals surface area contributed by atoms with E-state index >= 15 is 0 Å². The SMILES string of the molecule is O=C(Nc1cccc2c(S(=O)(=O)Nc3ccc(CN4CCOCC4)cc3)cccc12)OCc1ccccc1. The van der Waals surface area contributed by atoms with Gasteiger partial charge in [0.1, 0.15) is 6.61 Å². The van der Waals surface area contributed by atoms with Gasteiger partial charge in [0.15, 0.2) is 0 Å². The molecule has 1 fully saturated rings. The second-order valence-corrected chi connectivity index (χ2v) is 10.7. The molecule has 0 unspecified atom stereocenters. The predicted octanol–water partition coefficient (Wildman–Crippen LogP) is 5.22. The molecule has 1 saturated heterocycles. The highest BCUT2D eigenvalue weighted by atomic mass is 32.2. The Kier molecular flexibility index (Phi) is 7.88. The van der Waals surface area contributed by atoms with Crippen molar-refractivity contribution < 1.29 is 22.7 Å². The zero-order valence-corrected chi connectivity index (χ0v) is 21.6. The minimum Gasteiger partial charge on any atom is -0.444 e. The van der Waals surface area contributed by atoms with Crippen LogP contribution in [0.15, 0.2) is 95.9 Å². The van der Waals surface area contributed by atoms with Gasteiger partial charge in [-0.3, -0.25) is 14.9 Å². The third-order valence-corrected chi connectivity index (χ3v) is 7.78. The molecule has 196 valence electrons. The number of amides is 1. The number of nitrogens with zero attached hydrogens (tertiary/aromatic N) is 1. The fraction of sp³-hybridized carbons (Fsp3) is 0.207. The van der Waals surface area contributed by atoms with E-state index in [2.05, 4.69) is 14.9 Å². The van der Waals surface area contributed by atoms with Gasteiger partial charge in [0.05, 0.1) is 23.8 Å². The first-order valence-electron chi connectivity index (χ1n) is 12.4. The number of carbonyl (C=O) groups excluding carboxylic acids is 1. The van der Waals surface area contributed by atoms with Gasteiger partial charge >= 0.3 is 6.09 Å². The summed E-state index contributed by atoms with van der Waals surface area (Å²) in [5.74, 6) is 0. The van der Waals surface area contributed by atoms with Crippen LogP contribution in [0.5, 0.6) is 0 Å². The van der Waals surface area contributed by atoms with Gasteiger partial charge < -0.3 is 9.47 Å². The molecule has 1 heterocycles. The van der Waals surface area contributed by atoms with E-state index in [9.17, 15) is 13.2 Å². The van der Waals surface area contributed by atoms with E-state index in [4.69, 9.17) is 9.47 Å². The molecule has 1 aliphatic rings. The summed E-state index contributed by atoms with van der Waals surface area (Å²) in [7, 11) is -3.89. The van der Waals surface area contributed by atoms with Crippen LogP contribution in [0, 0.1) is 0 Å². The van der Waals surface area contributed by atoms with Crippen molar-refractivity contribution in [3.8, 4) is 0 Å². The maximum Gasteiger partial charge on any atom is 0.411 e. The van der Waals surface area contributed by atoms with Gasteiger partial charge in [0, 0.05) is 36.1 Å². The van der Waals surface area contributed by atoms with Crippen LogP contribution in [0.4, 0.5) is 16.2 Å². The lowest BCUT2D eigenvalue weighted by Crippen LogP contribution is -2.35. The second kappa shape index (κ2) is 11.6. The van der Waals surface area contributed by atoms with E-state index in [1.54, 1.807) is 48.5 Å². The molecule has 8 nitrogen and oxygen atoms in total. The van der Waals surface area contributed by atoms with Crippen LogP contribution < -0.4 is 10.0 Å². The number of hydrogen-bond donors (Lipinski definition) is 2. The Bertz CT molecular complexity index is 1500. The Hall–Kier alpha value is -3.92. The molecule has 0 aliphatic carbocycles. The van der Waals surface area contributed by atoms with Crippen molar-refractivity contribution in [3.05, 3.63) is 102 Å². The summed E-state index contributed by atoms with van der Waals surface area (Å²) in [6.07, 6.45) is -0.620. The molecule has 1 amide bonds. The molecule has 38 heavy (non-hydrogen) atoms. The Morgan fingerprint density at radius 2 is 1.53 bits per heavy atom. The maximum atomic E-state index is 13.4. The van der Waals surface area contributed by atoms with Crippen LogP contribution in [0.3, 0.4) is 0 Å². The average molecular weight is 532 g/mol. The summed E-state index contributed by atoms with van der Waals surface area (Å²) in [4.78, 5) is 14.9. The van der Waals surface area contributed by atoms with Crippen LogP contribution in [-0.2, 0) is 32.6 Å². The molecule has 5 rings (SSSR count). The smallest absolute Gasteiger partial charge is 0.411 e. The molecule has 0 atom stereocenters. The molecule has 0 radical (unpaired) electrons. The zero-order chi connectivity index (χ0) is 26.4. The van der Waals surface area contributed by atoms with E-state index < -0.39 is 16.1 Å². The average Bonchev–Trinajstić information content (AvgIpc) is 2.94. The number of fused-ring (bicyclic) bond motifs is 1. The number of anilines is 2. The van der Waals surface area contributed by atoms with Crippen LogP contribution in [0.2, 0.25) is 0 Å². The number of rotatable bonds is 8. The molecule has 0 bridgehead atoms. The summed E-state index contributed by atoms with van der Waals surface area (Å²) < 4.78 is 40.1. The Balaban J connectivity index is 1.30. The first-order valence-corrected chi connectivity index (χ1v) is 13.9. The summed E-state index contributed by atoms with van der Waals surface area (Å²) in [5.41, 5.74) is 2.92. The monoisotopic (exact) mass is 531 g/mol. The molecule has 1 aliphatic heterocycles. The Morgan fingerprint density at radius 3 is 2.29 bits per heavy atom. The van der Waals surface area contributed by atoms with Gasteiger partial charge in [0.2, 0.25) is 0 Å². The molecule has 9 heteroatoms. The molecule has 4 aromatic carbocycles. The highest BCUT2D eigenvalue weighted by molar-refractivity contribution is 7.93. The highest BCUT2D eigenvalue weighted by Crippen LogP contribution is 2.30. The van der Waals surface area contributed by atoms with Gasteiger partial charge in [-0.2, -0.15) is 0 Å². The quantitative estimate of drug-likeness (QED) is 0.324. The van der Waals surface area contributed by atoms with Crippen molar-refractivity contribution in [1.82, 2.24) is 4.90 Å². The number of benzene rings is 4. The summed E-state index contributed by atoms with van der Waals surface area (Å²) in [5, 5.41) is 3.82. The van der Waals surface area contributed by atoms with Gasteiger partial charge in [-0.25, -0.2) is 13.2 Å². The number of ether oxygens (including phenoxy) is 2. The van der Waals surface area contributed by atoms with Crippen LogP contribution in [-0.4, -0.2) is 45.7 Å². The van der Waals surface area contributed by atoms with Crippen LogP contribution in [0.25, 0.3) is 10.8 Å². The van der Waals surface area contributed by atoms with Crippen molar-refractivity contribution in [2.75, 3.05) is 36.3 Å². The minimum atomic E-state index is -3.89. The lowest BCUT2D eigenvalue weighted by atomic mass is 10.1. The first-order chi connectivity index (χ1) is 18.5. The van der Waals surface area contributed by atoms with Crippen molar-refractivity contribution in [3.63, 3.8) is 0 Å². The summed E-state index contributed by atoms with van der Waals surface area (Å²) in [6.45, 7) is 4.16. The fourth-order valence-electron chi connectivity index (χ4n) is 4.40. The van der Waals surface area contributed by atoms with Gasteiger partial charge in [-0.15, -0.1) is 0 Å². The van der Waals surface area contributed by atoms with E-state index in [1.807, 2.05) is 42.5 Å². The Morgan fingerprint density at radius 1 is 0.816 bits per heavy atom. The normalized spacial score (nSPS) is 14.2. The molecular weight excluding hydrogens is 502 g/mol. The van der Waals surface area contributed by atoms with Crippen LogP contribution in [0.1, 0.15) is 11.1 Å². The fourth-order valence-corrected chi connectivity index (χ4v) is 5.68. The number of morpholine rings is 1. The third-order valence-electron chi connectivity index (χ3n) is 6.34. The maximum absolute atomic E-state index is 13.4. The highest BCUT2D eigenvalue weighted by Gasteiger charge is 2.19. The van der Waals surface area contributed by atoms with E-state index in [1.165, 1.54) is 0 Å². The molecule has 0 aromatic heterocycles. The van der Waals surface area contributed by atoms with Crippen molar-refractivity contribution in [2.24, 2.45) is 0 Å². The molecule has 4 aromatic rings. The number of nitrogens with one attached hydrogen (secondary N) is 2. The van der Waals surface area contributed by atoms with Crippen LogP contribution >= 0.6 is 0 Å². The second-order valence-electron chi connectivity index (χ2n) is 9.03. The largest absolute Gasteiger partial charge is 0.444 e. The lowest BCUT2D eigenvalue weighted by Gasteiger charge is -2.26. The van der Waals surface area contributed by atoms with Crippen molar-refractivity contribution in [2.45, 2.75) is 18.0 Å². The number of hydrogen-bond acceptors (Lipinski definition) is 6. The lowest BCUT2D eigenvalue weighted by molar-refractivity contribution is 0.0342. The van der Waals surface area contributed by atoms with E-state index in [-0.39, 0.29) is 11.5 Å². The Labute approximate surface area is 222 Å². The van der Waals surface area contributed by atoms with E-state index in [0.717, 1.165) is 44.0 Å². The predicted molar refractivity (Wildman–Crippen MR) is 148 cm³/mol. The topological polar surface area (TPSA) is 97.0 Å². The third kappa shape index (κ3) is 6.31. The summed E-state index contributed by atoms with van der Waals surface area (Å²) >= 11 is 0. The number of sulfonamides is 1. The molecular formula is C29H29N3O5S.